The molecule has 0 aliphatic carbocycles. The van der Waals surface area contributed by atoms with E-state index in [-0.39, 0.29) is 12.5 Å². The van der Waals surface area contributed by atoms with Crippen molar-refractivity contribution in [2.75, 3.05) is 24.1 Å². The quantitative estimate of drug-likeness (QED) is 0.700. The molecule has 0 aliphatic heterocycles. The van der Waals surface area contributed by atoms with Crippen LogP contribution in [0.3, 0.4) is 0 Å². The van der Waals surface area contributed by atoms with Gasteiger partial charge in [-0.3, -0.25) is 4.79 Å². The molecule has 84 valence electrons. The lowest BCUT2D eigenvalue weighted by Gasteiger charge is -2.07. The molecule has 0 unspecified atom stereocenters. The van der Waals surface area contributed by atoms with E-state index in [2.05, 4.69) is 29.5 Å². The molecule has 0 fully saturated rings. The van der Waals surface area contributed by atoms with Crippen molar-refractivity contribution in [1.82, 2.24) is 10.3 Å². The predicted octanol–water partition coefficient (Wildman–Crippen LogP) is 0.909. The molecule has 1 heterocycles. The Labute approximate surface area is 93.1 Å². The van der Waals surface area contributed by atoms with Gasteiger partial charge in [0.25, 0.3) is 0 Å². The number of anilines is 2. The van der Waals surface area contributed by atoms with Crippen LogP contribution in [0, 0.1) is 5.92 Å². The molecule has 0 radical (unpaired) electrons. The Morgan fingerprint density at radius 3 is 2.93 bits per heavy atom. The molecule has 0 atom stereocenters. The maximum absolute atomic E-state index is 11.3. The molecule has 1 amide bonds. The number of nitrogens with zero attached hydrogens (tertiary/aromatic N) is 1. The molecule has 15 heavy (non-hydrogen) atoms. The van der Waals surface area contributed by atoms with Crippen LogP contribution in [0.5, 0.6) is 0 Å². The number of rotatable bonds is 5. The van der Waals surface area contributed by atoms with Crippen LogP contribution in [0.25, 0.3) is 0 Å². The zero-order valence-corrected chi connectivity index (χ0v) is 9.73. The summed E-state index contributed by atoms with van der Waals surface area (Å²) >= 11 is 1.33. The molecule has 1 aromatic rings. The minimum absolute atomic E-state index is 0.0301. The number of hydrogen-bond acceptors (Lipinski definition) is 5. The second-order valence-corrected chi connectivity index (χ2v) is 4.68. The van der Waals surface area contributed by atoms with Crippen LogP contribution in [-0.2, 0) is 4.79 Å². The highest BCUT2D eigenvalue weighted by Gasteiger charge is 2.03. The fourth-order valence-electron chi connectivity index (χ4n) is 0.905. The highest BCUT2D eigenvalue weighted by Crippen LogP contribution is 2.18. The molecular weight excluding hydrogens is 212 g/mol. The van der Waals surface area contributed by atoms with Crippen molar-refractivity contribution in [2.24, 2.45) is 5.92 Å². The first kappa shape index (κ1) is 11.8. The van der Waals surface area contributed by atoms with E-state index in [1.807, 2.05) is 0 Å². The SMILES string of the molecule is CC(C)CNC(=O)CNc1ncc(N)s1. The Morgan fingerprint density at radius 2 is 2.40 bits per heavy atom. The summed E-state index contributed by atoms with van der Waals surface area (Å²) in [6.45, 7) is 5.03. The van der Waals surface area contributed by atoms with E-state index in [1.54, 1.807) is 6.20 Å². The highest BCUT2D eigenvalue weighted by molar-refractivity contribution is 7.19. The van der Waals surface area contributed by atoms with Gasteiger partial charge in [-0.1, -0.05) is 25.2 Å². The predicted molar refractivity (Wildman–Crippen MR) is 62.9 cm³/mol. The zero-order valence-electron chi connectivity index (χ0n) is 8.91. The van der Waals surface area contributed by atoms with E-state index in [4.69, 9.17) is 5.73 Å². The number of aromatic nitrogens is 1. The minimum atomic E-state index is -0.0301. The van der Waals surface area contributed by atoms with Crippen LogP contribution < -0.4 is 16.4 Å². The number of carbonyl (C=O) groups is 1. The molecule has 1 aromatic heterocycles. The number of amides is 1. The molecular formula is C9H16N4OS. The average Bonchev–Trinajstić information content (AvgIpc) is 2.58. The second kappa shape index (κ2) is 5.55. The van der Waals surface area contributed by atoms with E-state index in [0.717, 1.165) is 0 Å². The van der Waals surface area contributed by atoms with Crippen molar-refractivity contribution in [2.45, 2.75) is 13.8 Å². The standard InChI is InChI=1S/C9H16N4OS/c1-6(2)3-11-8(14)5-13-9-12-4-7(10)15-9/h4,6H,3,5,10H2,1-2H3,(H,11,14)(H,12,13). The highest BCUT2D eigenvalue weighted by atomic mass is 32.1. The van der Waals surface area contributed by atoms with Gasteiger partial charge < -0.3 is 16.4 Å². The number of carbonyl (C=O) groups excluding carboxylic acids is 1. The lowest BCUT2D eigenvalue weighted by atomic mass is 10.2. The Kier molecular flexibility index (Phi) is 4.36. The Hall–Kier alpha value is -1.30. The van der Waals surface area contributed by atoms with E-state index < -0.39 is 0 Å². The van der Waals surface area contributed by atoms with Gasteiger partial charge in [-0.15, -0.1) is 0 Å². The van der Waals surface area contributed by atoms with E-state index in [0.29, 0.717) is 22.6 Å². The summed E-state index contributed by atoms with van der Waals surface area (Å²) in [4.78, 5) is 15.3. The number of nitrogen functional groups attached to an aromatic ring is 1. The summed E-state index contributed by atoms with van der Waals surface area (Å²) in [7, 11) is 0. The topological polar surface area (TPSA) is 80.0 Å². The van der Waals surface area contributed by atoms with Crippen molar-refractivity contribution in [3.8, 4) is 0 Å². The zero-order chi connectivity index (χ0) is 11.3. The van der Waals surface area contributed by atoms with Gasteiger partial charge in [-0.25, -0.2) is 4.98 Å². The first-order chi connectivity index (χ1) is 7.08. The van der Waals surface area contributed by atoms with Crippen molar-refractivity contribution in [1.29, 1.82) is 0 Å². The monoisotopic (exact) mass is 228 g/mol. The molecule has 4 N–H and O–H groups in total. The minimum Gasteiger partial charge on any atom is -0.389 e. The number of thiazole rings is 1. The van der Waals surface area contributed by atoms with Gasteiger partial charge in [-0.05, 0) is 5.92 Å². The van der Waals surface area contributed by atoms with Crippen molar-refractivity contribution in [3.63, 3.8) is 0 Å². The maximum atomic E-state index is 11.3. The smallest absolute Gasteiger partial charge is 0.239 e. The van der Waals surface area contributed by atoms with E-state index in [1.165, 1.54) is 11.3 Å². The summed E-state index contributed by atoms with van der Waals surface area (Å²) in [5.41, 5.74) is 5.50. The summed E-state index contributed by atoms with van der Waals surface area (Å²) in [6.07, 6.45) is 1.57. The Bertz CT molecular complexity index is 324. The second-order valence-electron chi connectivity index (χ2n) is 3.62. The van der Waals surface area contributed by atoms with E-state index >= 15 is 0 Å². The molecule has 1 rings (SSSR count). The lowest BCUT2D eigenvalue weighted by molar-refractivity contribution is -0.119. The summed E-state index contributed by atoms with van der Waals surface area (Å²) in [5, 5.41) is 7.02. The first-order valence-electron chi connectivity index (χ1n) is 4.80. The third-order valence-electron chi connectivity index (χ3n) is 1.63. The van der Waals surface area contributed by atoms with Gasteiger partial charge in [-0.2, -0.15) is 0 Å². The van der Waals surface area contributed by atoms with Crippen molar-refractivity contribution < 1.29 is 4.79 Å². The molecule has 0 aliphatic rings. The van der Waals surface area contributed by atoms with Crippen LogP contribution in [0.2, 0.25) is 0 Å². The fourth-order valence-corrected chi connectivity index (χ4v) is 1.48. The third kappa shape index (κ3) is 4.64. The van der Waals surface area contributed by atoms with Gasteiger partial charge >= 0.3 is 0 Å². The van der Waals surface area contributed by atoms with Crippen LogP contribution in [0.4, 0.5) is 10.1 Å². The molecule has 0 saturated heterocycles. The summed E-state index contributed by atoms with van der Waals surface area (Å²) in [5.74, 6) is 0.432. The molecule has 5 nitrogen and oxygen atoms in total. The Balaban J connectivity index is 2.22. The van der Waals surface area contributed by atoms with Gasteiger partial charge in [0.2, 0.25) is 5.91 Å². The fraction of sp³-hybridized carbons (Fsp3) is 0.556. The molecule has 0 bridgehead atoms. The summed E-state index contributed by atoms with van der Waals surface area (Å²) < 4.78 is 0. The normalized spacial score (nSPS) is 10.3. The van der Waals surface area contributed by atoms with Crippen LogP contribution in [0.15, 0.2) is 6.20 Å². The van der Waals surface area contributed by atoms with Gasteiger partial charge in [0, 0.05) is 6.54 Å². The van der Waals surface area contributed by atoms with E-state index in [9.17, 15) is 4.79 Å². The summed E-state index contributed by atoms with van der Waals surface area (Å²) in [6, 6.07) is 0. The first-order valence-corrected chi connectivity index (χ1v) is 5.61. The van der Waals surface area contributed by atoms with Crippen molar-refractivity contribution in [3.05, 3.63) is 6.20 Å². The number of nitrogens with two attached hydrogens (primary N) is 1. The number of nitrogens with one attached hydrogen (secondary N) is 2. The molecule has 6 heteroatoms. The Morgan fingerprint density at radius 1 is 1.67 bits per heavy atom. The molecule has 0 spiro atoms. The average molecular weight is 228 g/mol. The van der Waals surface area contributed by atoms with Crippen LogP contribution in [-0.4, -0.2) is 24.0 Å². The molecule has 0 aromatic carbocycles. The lowest BCUT2D eigenvalue weighted by Crippen LogP contribution is -2.32. The van der Waals surface area contributed by atoms with Crippen LogP contribution in [0.1, 0.15) is 13.8 Å². The van der Waals surface area contributed by atoms with Gasteiger partial charge in [0.1, 0.15) is 5.00 Å². The maximum Gasteiger partial charge on any atom is 0.239 e. The van der Waals surface area contributed by atoms with Gasteiger partial charge in [0.15, 0.2) is 5.13 Å². The van der Waals surface area contributed by atoms with Gasteiger partial charge in [0.05, 0.1) is 12.7 Å². The third-order valence-corrected chi connectivity index (χ3v) is 2.42. The molecule has 0 saturated carbocycles. The van der Waals surface area contributed by atoms with Crippen molar-refractivity contribution >= 4 is 27.4 Å². The van der Waals surface area contributed by atoms with Crippen LogP contribution >= 0.6 is 11.3 Å². The number of hydrogen-bond donors (Lipinski definition) is 3. The largest absolute Gasteiger partial charge is 0.389 e.